The molecule has 2 aliphatic rings. The number of hydrogen-bond acceptors (Lipinski definition) is 1. The summed E-state index contributed by atoms with van der Waals surface area (Å²) in [6, 6.07) is 8.60. The van der Waals surface area contributed by atoms with Crippen LogP contribution < -0.4 is 5.32 Å². The molecule has 1 saturated carbocycles. The maximum absolute atomic E-state index is 3.52. The molecule has 0 saturated heterocycles. The van der Waals surface area contributed by atoms with Crippen molar-refractivity contribution in [3.8, 4) is 0 Å². The summed E-state index contributed by atoms with van der Waals surface area (Å²) < 4.78 is 0. The molecular formula is C12H13N. The maximum Gasteiger partial charge on any atom is 0.0418 e. The lowest BCUT2D eigenvalue weighted by Gasteiger charge is -2.19. The Hall–Kier alpha value is -1.24. The predicted molar refractivity (Wildman–Crippen MR) is 54.6 cm³/mol. The van der Waals surface area contributed by atoms with Crippen LogP contribution in [0.5, 0.6) is 0 Å². The summed E-state index contributed by atoms with van der Waals surface area (Å²) >= 11 is 0. The third-order valence-electron chi connectivity index (χ3n) is 3.05. The number of para-hydroxylation sites is 1. The number of nitrogens with one attached hydrogen (secondary N) is 1. The van der Waals surface area contributed by atoms with E-state index in [0.717, 1.165) is 6.42 Å². The first-order valence-corrected chi connectivity index (χ1v) is 4.99. The van der Waals surface area contributed by atoms with E-state index in [1.807, 2.05) is 0 Å². The van der Waals surface area contributed by atoms with Gasteiger partial charge in [0, 0.05) is 17.8 Å². The van der Waals surface area contributed by atoms with Crippen LogP contribution in [0.4, 0.5) is 5.69 Å². The van der Waals surface area contributed by atoms with Crippen LogP contribution in [0.3, 0.4) is 0 Å². The van der Waals surface area contributed by atoms with E-state index >= 15 is 0 Å². The van der Waals surface area contributed by atoms with Gasteiger partial charge in [-0.25, -0.2) is 0 Å². The van der Waals surface area contributed by atoms with Crippen molar-refractivity contribution in [1.29, 1.82) is 0 Å². The van der Waals surface area contributed by atoms with Crippen LogP contribution in [0.1, 0.15) is 24.8 Å². The first-order chi connectivity index (χ1) is 6.43. The molecular weight excluding hydrogens is 158 g/mol. The summed E-state index contributed by atoms with van der Waals surface area (Å²) in [5, 5.41) is 3.52. The van der Waals surface area contributed by atoms with Crippen LogP contribution in [0.2, 0.25) is 0 Å². The summed E-state index contributed by atoms with van der Waals surface area (Å²) in [5.41, 5.74) is 5.90. The molecule has 1 heteroatoms. The number of allylic oxidation sites excluding steroid dienone is 2. The van der Waals surface area contributed by atoms with Crippen molar-refractivity contribution in [3.63, 3.8) is 0 Å². The van der Waals surface area contributed by atoms with Gasteiger partial charge in [0.25, 0.3) is 0 Å². The van der Waals surface area contributed by atoms with Gasteiger partial charge in [-0.3, -0.25) is 0 Å². The third-order valence-corrected chi connectivity index (χ3v) is 3.05. The zero-order chi connectivity index (χ0) is 8.67. The van der Waals surface area contributed by atoms with Crippen molar-refractivity contribution in [1.82, 2.24) is 0 Å². The Bertz CT molecular complexity index is 343. The Kier molecular flexibility index (Phi) is 1.45. The van der Waals surface area contributed by atoms with E-state index in [4.69, 9.17) is 0 Å². The van der Waals surface area contributed by atoms with E-state index in [2.05, 4.69) is 29.6 Å². The highest BCUT2D eigenvalue weighted by Crippen LogP contribution is 2.35. The highest BCUT2D eigenvalue weighted by atomic mass is 14.9. The monoisotopic (exact) mass is 171 g/mol. The largest absolute Gasteiger partial charge is 0.358 e. The minimum Gasteiger partial charge on any atom is -0.358 e. The molecule has 1 aliphatic heterocycles. The van der Waals surface area contributed by atoms with Crippen LogP contribution in [0, 0.1) is 0 Å². The Morgan fingerprint density at radius 2 is 1.92 bits per heavy atom. The molecule has 0 bridgehead atoms. The first-order valence-electron chi connectivity index (χ1n) is 4.99. The summed E-state index contributed by atoms with van der Waals surface area (Å²) in [6.45, 7) is 0. The zero-order valence-corrected chi connectivity index (χ0v) is 7.64. The average molecular weight is 171 g/mol. The second-order valence-electron chi connectivity index (χ2n) is 3.89. The van der Waals surface area contributed by atoms with E-state index in [-0.39, 0.29) is 0 Å². The predicted octanol–water partition coefficient (Wildman–Crippen LogP) is 3.09. The van der Waals surface area contributed by atoms with Crippen LogP contribution in [-0.4, -0.2) is 0 Å². The quantitative estimate of drug-likeness (QED) is 0.632. The van der Waals surface area contributed by atoms with Gasteiger partial charge in [0.2, 0.25) is 0 Å². The zero-order valence-electron chi connectivity index (χ0n) is 7.64. The molecule has 13 heavy (non-hydrogen) atoms. The average Bonchev–Trinajstić information content (AvgIpc) is 2.43. The molecule has 1 heterocycles. The molecule has 66 valence electrons. The van der Waals surface area contributed by atoms with Crippen molar-refractivity contribution >= 4 is 5.69 Å². The van der Waals surface area contributed by atoms with Crippen molar-refractivity contribution in [2.24, 2.45) is 0 Å². The van der Waals surface area contributed by atoms with E-state index in [9.17, 15) is 0 Å². The summed E-state index contributed by atoms with van der Waals surface area (Å²) in [4.78, 5) is 0. The lowest BCUT2D eigenvalue weighted by Crippen LogP contribution is -2.05. The Morgan fingerprint density at radius 3 is 2.62 bits per heavy atom. The molecule has 0 atom stereocenters. The Labute approximate surface area is 78.5 Å². The lowest BCUT2D eigenvalue weighted by atomic mass is 9.90. The van der Waals surface area contributed by atoms with Gasteiger partial charge >= 0.3 is 0 Å². The summed E-state index contributed by atoms with van der Waals surface area (Å²) in [7, 11) is 0. The van der Waals surface area contributed by atoms with Crippen LogP contribution in [-0.2, 0) is 6.42 Å². The maximum atomic E-state index is 3.52. The number of rotatable bonds is 0. The standard InChI is InChI=1S/C12H13N/c1-2-7-11-10(4-1)8-12(13-11)9-5-3-6-9/h1-2,4,7,13H,3,5-6,8H2. The second-order valence-corrected chi connectivity index (χ2v) is 3.89. The van der Waals surface area contributed by atoms with Gasteiger partial charge in [0.1, 0.15) is 0 Å². The van der Waals surface area contributed by atoms with Crippen molar-refractivity contribution < 1.29 is 0 Å². The van der Waals surface area contributed by atoms with Crippen LogP contribution in [0.15, 0.2) is 35.5 Å². The summed E-state index contributed by atoms with van der Waals surface area (Å²) in [6.07, 6.45) is 5.15. The third kappa shape index (κ3) is 1.07. The minimum absolute atomic E-state index is 1.13. The summed E-state index contributed by atoms with van der Waals surface area (Å²) in [5.74, 6) is 0. The topological polar surface area (TPSA) is 12.0 Å². The molecule has 3 rings (SSSR count). The molecule has 0 radical (unpaired) electrons. The molecule has 1 nitrogen and oxygen atoms in total. The fraction of sp³-hybridized carbons (Fsp3) is 0.333. The van der Waals surface area contributed by atoms with Gasteiger partial charge in [0.05, 0.1) is 0 Å². The van der Waals surface area contributed by atoms with E-state index in [0.29, 0.717) is 0 Å². The molecule has 1 fully saturated rings. The van der Waals surface area contributed by atoms with Crippen LogP contribution in [0.25, 0.3) is 0 Å². The van der Waals surface area contributed by atoms with E-state index in [1.165, 1.54) is 36.2 Å². The fourth-order valence-electron chi connectivity index (χ4n) is 2.06. The first kappa shape index (κ1) is 7.19. The van der Waals surface area contributed by atoms with Crippen molar-refractivity contribution in [2.75, 3.05) is 5.32 Å². The Balaban J connectivity index is 1.97. The number of fused-ring (bicyclic) bond motifs is 1. The molecule has 0 unspecified atom stereocenters. The molecule has 1 aliphatic carbocycles. The van der Waals surface area contributed by atoms with Crippen LogP contribution >= 0.6 is 0 Å². The lowest BCUT2D eigenvalue weighted by molar-refractivity contribution is 0.649. The van der Waals surface area contributed by atoms with Gasteiger partial charge in [-0.05, 0) is 30.9 Å². The van der Waals surface area contributed by atoms with Gasteiger partial charge in [-0.1, -0.05) is 23.8 Å². The molecule has 1 aromatic rings. The molecule has 1 aromatic carbocycles. The van der Waals surface area contributed by atoms with Crippen molar-refractivity contribution in [2.45, 2.75) is 25.7 Å². The van der Waals surface area contributed by atoms with Gasteiger partial charge < -0.3 is 5.32 Å². The molecule has 0 amide bonds. The molecule has 0 spiro atoms. The highest BCUT2D eigenvalue weighted by Gasteiger charge is 2.20. The van der Waals surface area contributed by atoms with Gasteiger partial charge in [-0.15, -0.1) is 0 Å². The number of hydrogen-bond donors (Lipinski definition) is 1. The van der Waals surface area contributed by atoms with Crippen molar-refractivity contribution in [3.05, 3.63) is 41.1 Å². The number of benzene rings is 1. The fourth-order valence-corrected chi connectivity index (χ4v) is 2.06. The number of anilines is 1. The van der Waals surface area contributed by atoms with E-state index in [1.54, 1.807) is 5.57 Å². The SMILES string of the molecule is c1ccc2c(c1)CC(=C1CCC1)N2. The van der Waals surface area contributed by atoms with Gasteiger partial charge in [-0.2, -0.15) is 0 Å². The van der Waals surface area contributed by atoms with Gasteiger partial charge in [0.15, 0.2) is 0 Å². The Morgan fingerprint density at radius 1 is 1.08 bits per heavy atom. The second kappa shape index (κ2) is 2.63. The highest BCUT2D eigenvalue weighted by molar-refractivity contribution is 5.63. The smallest absolute Gasteiger partial charge is 0.0418 e. The minimum atomic E-state index is 1.13. The molecule has 0 aromatic heterocycles. The molecule has 1 N–H and O–H groups in total. The normalized spacial score (nSPS) is 19.4. The van der Waals surface area contributed by atoms with E-state index < -0.39 is 0 Å².